The van der Waals surface area contributed by atoms with Gasteiger partial charge in [-0.3, -0.25) is 19.1 Å². The molecule has 0 bridgehead atoms. The first-order valence-electron chi connectivity index (χ1n) is 9.37. The van der Waals surface area contributed by atoms with Gasteiger partial charge in [-0.2, -0.15) is 0 Å². The molecule has 0 aliphatic carbocycles. The van der Waals surface area contributed by atoms with Crippen LogP contribution in [0.15, 0.2) is 71.8 Å². The predicted octanol–water partition coefficient (Wildman–Crippen LogP) is 2.44. The fourth-order valence-corrected chi connectivity index (χ4v) is 3.48. The van der Waals surface area contributed by atoms with Gasteiger partial charge < -0.3 is 5.32 Å². The lowest BCUT2D eigenvalue weighted by Gasteiger charge is -2.27. The van der Waals surface area contributed by atoms with Gasteiger partial charge in [-0.25, -0.2) is 4.98 Å². The van der Waals surface area contributed by atoms with Crippen molar-refractivity contribution < 1.29 is 4.79 Å². The first-order valence-corrected chi connectivity index (χ1v) is 9.37. The molecule has 2 aromatic carbocycles. The van der Waals surface area contributed by atoms with E-state index in [1.54, 1.807) is 0 Å². The van der Waals surface area contributed by atoms with Crippen molar-refractivity contribution in [1.82, 2.24) is 14.5 Å². The number of aromatic nitrogens is 2. The van der Waals surface area contributed by atoms with Crippen molar-refractivity contribution in [2.45, 2.75) is 26.1 Å². The fraction of sp³-hybridized carbons (Fsp3) is 0.227. The maximum Gasteiger partial charge on any atom is 0.257 e. The molecule has 0 saturated heterocycles. The van der Waals surface area contributed by atoms with E-state index in [4.69, 9.17) is 0 Å². The van der Waals surface area contributed by atoms with Crippen molar-refractivity contribution in [3.05, 3.63) is 94.2 Å². The molecule has 4 rings (SSSR count). The standard InChI is InChI=1S/C22H22N4O2/c27-21(24-18-9-5-2-6-10-18)15-26-16-23-20-14-25(12-11-19(20)22(26)28)13-17-7-3-1-4-8-17/h1-10,16H,11-15H2,(H,24,27). The zero-order valence-corrected chi connectivity index (χ0v) is 15.5. The number of anilines is 1. The Labute approximate surface area is 163 Å². The molecule has 0 fully saturated rings. The van der Waals surface area contributed by atoms with E-state index >= 15 is 0 Å². The highest BCUT2D eigenvalue weighted by atomic mass is 16.2. The Hall–Kier alpha value is -3.25. The number of fused-ring (bicyclic) bond motifs is 1. The molecule has 1 amide bonds. The van der Waals surface area contributed by atoms with Crippen LogP contribution in [0.25, 0.3) is 0 Å². The summed E-state index contributed by atoms with van der Waals surface area (Å²) >= 11 is 0. The van der Waals surface area contributed by atoms with Gasteiger partial charge in [0.05, 0.1) is 12.0 Å². The van der Waals surface area contributed by atoms with Crippen LogP contribution in [-0.2, 0) is 30.8 Å². The first-order chi connectivity index (χ1) is 13.7. The SMILES string of the molecule is O=C(Cn1cnc2c(c1=O)CCN(Cc1ccccc1)C2)Nc1ccccc1. The molecule has 142 valence electrons. The Morgan fingerprint density at radius 1 is 1.04 bits per heavy atom. The molecule has 0 spiro atoms. The van der Waals surface area contributed by atoms with Crippen LogP contribution >= 0.6 is 0 Å². The van der Waals surface area contributed by atoms with Crippen molar-refractivity contribution >= 4 is 11.6 Å². The summed E-state index contributed by atoms with van der Waals surface area (Å²) in [5.74, 6) is -0.239. The van der Waals surface area contributed by atoms with Crippen molar-refractivity contribution in [3.8, 4) is 0 Å². The Morgan fingerprint density at radius 2 is 1.75 bits per heavy atom. The number of hydrogen-bond acceptors (Lipinski definition) is 4. The largest absolute Gasteiger partial charge is 0.325 e. The number of rotatable bonds is 5. The zero-order valence-electron chi connectivity index (χ0n) is 15.5. The van der Waals surface area contributed by atoms with Crippen LogP contribution in [0.1, 0.15) is 16.8 Å². The van der Waals surface area contributed by atoms with Gasteiger partial charge in [0.15, 0.2) is 0 Å². The molecule has 1 aliphatic rings. The number of carbonyl (C=O) groups excluding carboxylic acids is 1. The Bertz CT molecular complexity index is 1020. The van der Waals surface area contributed by atoms with Gasteiger partial charge in [-0.15, -0.1) is 0 Å². The second-order valence-electron chi connectivity index (χ2n) is 6.96. The summed E-state index contributed by atoms with van der Waals surface area (Å²) in [6.45, 7) is 2.25. The molecule has 2 heterocycles. The molecule has 0 saturated carbocycles. The molecule has 1 N–H and O–H groups in total. The van der Waals surface area contributed by atoms with E-state index in [1.165, 1.54) is 16.5 Å². The van der Waals surface area contributed by atoms with Crippen LogP contribution in [-0.4, -0.2) is 26.9 Å². The first kappa shape index (κ1) is 18.1. The van der Waals surface area contributed by atoms with Gasteiger partial charge in [0.2, 0.25) is 5.91 Å². The minimum atomic E-state index is -0.239. The molecule has 3 aromatic rings. The summed E-state index contributed by atoms with van der Waals surface area (Å²) < 4.78 is 1.39. The Morgan fingerprint density at radius 3 is 2.50 bits per heavy atom. The quantitative estimate of drug-likeness (QED) is 0.745. The van der Waals surface area contributed by atoms with E-state index in [-0.39, 0.29) is 18.0 Å². The molecule has 0 unspecified atom stereocenters. The molecule has 28 heavy (non-hydrogen) atoms. The van der Waals surface area contributed by atoms with Gasteiger partial charge >= 0.3 is 0 Å². The molecule has 1 aromatic heterocycles. The van der Waals surface area contributed by atoms with E-state index < -0.39 is 0 Å². The third kappa shape index (κ3) is 4.18. The summed E-state index contributed by atoms with van der Waals surface area (Å²) in [7, 11) is 0. The lowest BCUT2D eigenvalue weighted by atomic mass is 10.1. The normalized spacial score (nSPS) is 13.7. The summed E-state index contributed by atoms with van der Waals surface area (Å²) in [5.41, 5.74) is 3.37. The number of hydrogen-bond donors (Lipinski definition) is 1. The summed E-state index contributed by atoms with van der Waals surface area (Å²) in [6.07, 6.45) is 2.13. The fourth-order valence-electron chi connectivity index (χ4n) is 3.48. The van der Waals surface area contributed by atoms with Crippen LogP contribution in [0.5, 0.6) is 0 Å². The summed E-state index contributed by atoms with van der Waals surface area (Å²) in [4.78, 5) is 31.8. The maximum absolute atomic E-state index is 12.8. The number of amides is 1. The lowest BCUT2D eigenvalue weighted by molar-refractivity contribution is -0.116. The second-order valence-corrected chi connectivity index (χ2v) is 6.96. The predicted molar refractivity (Wildman–Crippen MR) is 108 cm³/mol. The summed E-state index contributed by atoms with van der Waals surface area (Å²) in [6, 6.07) is 19.5. The zero-order chi connectivity index (χ0) is 19.3. The smallest absolute Gasteiger partial charge is 0.257 e. The number of para-hydroxylation sites is 1. The average Bonchev–Trinajstić information content (AvgIpc) is 2.72. The van der Waals surface area contributed by atoms with Crippen LogP contribution in [0.2, 0.25) is 0 Å². The van der Waals surface area contributed by atoms with Gasteiger partial charge in [0.25, 0.3) is 5.56 Å². The number of carbonyl (C=O) groups is 1. The minimum absolute atomic E-state index is 0.0399. The van der Waals surface area contributed by atoms with Gasteiger partial charge in [0, 0.05) is 30.9 Å². The topological polar surface area (TPSA) is 67.2 Å². The Kier molecular flexibility index (Phi) is 5.30. The van der Waals surface area contributed by atoms with E-state index in [1.807, 2.05) is 48.5 Å². The maximum atomic E-state index is 12.8. The van der Waals surface area contributed by atoms with E-state index in [9.17, 15) is 9.59 Å². The third-order valence-corrected chi connectivity index (χ3v) is 4.89. The lowest BCUT2D eigenvalue weighted by Crippen LogP contribution is -2.38. The number of nitrogens with zero attached hydrogens (tertiary/aromatic N) is 3. The molecule has 6 nitrogen and oxygen atoms in total. The van der Waals surface area contributed by atoms with Crippen molar-refractivity contribution in [2.75, 3.05) is 11.9 Å². The highest BCUT2D eigenvalue weighted by Gasteiger charge is 2.21. The number of benzene rings is 2. The van der Waals surface area contributed by atoms with Gasteiger partial charge in [0.1, 0.15) is 6.54 Å². The minimum Gasteiger partial charge on any atom is -0.325 e. The molecular formula is C22H22N4O2. The highest BCUT2D eigenvalue weighted by molar-refractivity contribution is 5.90. The average molecular weight is 374 g/mol. The third-order valence-electron chi connectivity index (χ3n) is 4.89. The van der Waals surface area contributed by atoms with Crippen LogP contribution < -0.4 is 10.9 Å². The summed E-state index contributed by atoms with van der Waals surface area (Å²) in [5, 5.41) is 2.80. The van der Waals surface area contributed by atoms with Crippen molar-refractivity contribution in [2.24, 2.45) is 0 Å². The van der Waals surface area contributed by atoms with Crippen LogP contribution in [0.3, 0.4) is 0 Å². The molecule has 1 aliphatic heterocycles. The van der Waals surface area contributed by atoms with Crippen LogP contribution in [0, 0.1) is 0 Å². The molecule has 0 atom stereocenters. The monoisotopic (exact) mass is 374 g/mol. The van der Waals surface area contributed by atoms with E-state index in [2.05, 4.69) is 27.3 Å². The molecule has 6 heteroatoms. The Balaban J connectivity index is 1.44. The van der Waals surface area contributed by atoms with Crippen molar-refractivity contribution in [3.63, 3.8) is 0 Å². The van der Waals surface area contributed by atoms with Crippen LogP contribution in [0.4, 0.5) is 5.69 Å². The highest BCUT2D eigenvalue weighted by Crippen LogP contribution is 2.16. The van der Waals surface area contributed by atoms with Crippen molar-refractivity contribution in [1.29, 1.82) is 0 Å². The number of nitrogens with one attached hydrogen (secondary N) is 1. The molecule has 0 radical (unpaired) electrons. The molecular weight excluding hydrogens is 352 g/mol. The second kappa shape index (κ2) is 8.19. The van der Waals surface area contributed by atoms with E-state index in [0.717, 1.165) is 24.3 Å². The van der Waals surface area contributed by atoms with Gasteiger partial charge in [-0.05, 0) is 24.1 Å². The van der Waals surface area contributed by atoms with E-state index in [0.29, 0.717) is 18.7 Å². The van der Waals surface area contributed by atoms with Gasteiger partial charge in [-0.1, -0.05) is 48.5 Å².